The summed E-state index contributed by atoms with van der Waals surface area (Å²) in [5.41, 5.74) is 0.252. The van der Waals surface area contributed by atoms with Gasteiger partial charge in [0.05, 0.1) is 4.99 Å². The van der Waals surface area contributed by atoms with Crippen molar-refractivity contribution in [2.24, 2.45) is 5.92 Å². The lowest BCUT2D eigenvalue weighted by Gasteiger charge is -2.20. The van der Waals surface area contributed by atoms with Gasteiger partial charge in [-0.05, 0) is 19.1 Å². The smallest absolute Gasteiger partial charge is 0.112 e. The first-order valence-electron chi connectivity index (χ1n) is 4.71. The molecule has 1 heterocycles. The number of ether oxygens (including phenoxy) is 1. The van der Waals surface area contributed by atoms with Gasteiger partial charge in [-0.15, -0.1) is 11.8 Å². The summed E-state index contributed by atoms with van der Waals surface area (Å²) in [6.45, 7) is 3.98. The first-order valence-corrected chi connectivity index (χ1v) is 6.41. The van der Waals surface area contributed by atoms with Crippen LogP contribution in [0.4, 0.5) is 0 Å². The SMILES string of the molecule is CCCOC(SC)C1CCNC1=S. The summed E-state index contributed by atoms with van der Waals surface area (Å²) in [6, 6.07) is 0. The lowest BCUT2D eigenvalue weighted by atomic mass is 10.1. The van der Waals surface area contributed by atoms with Crippen LogP contribution in [0.25, 0.3) is 0 Å². The van der Waals surface area contributed by atoms with E-state index in [0.717, 1.165) is 31.0 Å². The van der Waals surface area contributed by atoms with E-state index < -0.39 is 0 Å². The van der Waals surface area contributed by atoms with E-state index in [1.54, 1.807) is 11.8 Å². The third kappa shape index (κ3) is 3.11. The molecule has 1 saturated heterocycles. The molecule has 0 amide bonds. The van der Waals surface area contributed by atoms with Gasteiger partial charge in [0.25, 0.3) is 0 Å². The zero-order valence-corrected chi connectivity index (χ0v) is 9.84. The van der Waals surface area contributed by atoms with Crippen molar-refractivity contribution < 1.29 is 4.74 Å². The Kier molecular flexibility index (Phi) is 5.06. The quantitative estimate of drug-likeness (QED) is 0.564. The van der Waals surface area contributed by atoms with Crippen molar-refractivity contribution in [1.29, 1.82) is 0 Å². The van der Waals surface area contributed by atoms with Crippen molar-refractivity contribution in [3.05, 3.63) is 0 Å². The third-order valence-corrected chi connectivity index (χ3v) is 3.51. The molecule has 76 valence electrons. The van der Waals surface area contributed by atoms with Crippen molar-refractivity contribution >= 4 is 29.0 Å². The lowest BCUT2D eigenvalue weighted by Crippen LogP contribution is -2.27. The molecule has 2 unspecified atom stereocenters. The molecule has 0 bridgehead atoms. The number of hydrogen-bond donors (Lipinski definition) is 1. The maximum absolute atomic E-state index is 5.73. The Labute approximate surface area is 89.8 Å². The molecule has 1 rings (SSSR count). The second kappa shape index (κ2) is 5.83. The predicted octanol–water partition coefficient (Wildman–Crippen LogP) is 2.04. The molecule has 0 saturated carbocycles. The fourth-order valence-electron chi connectivity index (χ4n) is 1.46. The molecule has 0 aromatic carbocycles. The van der Waals surface area contributed by atoms with Crippen LogP contribution in [0.3, 0.4) is 0 Å². The van der Waals surface area contributed by atoms with Gasteiger partial charge in [0.2, 0.25) is 0 Å². The largest absolute Gasteiger partial charge is 0.379 e. The molecule has 0 aromatic heterocycles. The zero-order chi connectivity index (χ0) is 9.68. The van der Waals surface area contributed by atoms with Crippen LogP contribution in [0.1, 0.15) is 19.8 Å². The molecule has 1 N–H and O–H groups in total. The Morgan fingerprint density at radius 2 is 2.54 bits per heavy atom. The minimum Gasteiger partial charge on any atom is -0.379 e. The highest BCUT2D eigenvalue weighted by molar-refractivity contribution is 7.99. The monoisotopic (exact) mass is 219 g/mol. The van der Waals surface area contributed by atoms with Crippen molar-refractivity contribution in [2.75, 3.05) is 19.4 Å². The molecule has 1 fully saturated rings. The van der Waals surface area contributed by atoms with Crippen LogP contribution in [-0.4, -0.2) is 29.8 Å². The molecule has 0 radical (unpaired) electrons. The van der Waals surface area contributed by atoms with E-state index in [0.29, 0.717) is 5.92 Å². The van der Waals surface area contributed by atoms with Gasteiger partial charge >= 0.3 is 0 Å². The third-order valence-electron chi connectivity index (χ3n) is 2.14. The van der Waals surface area contributed by atoms with Crippen molar-refractivity contribution in [3.8, 4) is 0 Å². The van der Waals surface area contributed by atoms with E-state index in [9.17, 15) is 0 Å². The lowest BCUT2D eigenvalue weighted by molar-refractivity contribution is 0.0933. The fourth-order valence-corrected chi connectivity index (χ4v) is 2.72. The maximum Gasteiger partial charge on any atom is 0.112 e. The van der Waals surface area contributed by atoms with E-state index in [4.69, 9.17) is 17.0 Å². The topological polar surface area (TPSA) is 21.3 Å². The Hall–Kier alpha value is 0.200. The van der Waals surface area contributed by atoms with Gasteiger partial charge in [0.15, 0.2) is 0 Å². The fraction of sp³-hybridized carbons (Fsp3) is 0.889. The van der Waals surface area contributed by atoms with Crippen LogP contribution in [0.2, 0.25) is 0 Å². The predicted molar refractivity (Wildman–Crippen MR) is 62.3 cm³/mol. The van der Waals surface area contributed by atoms with Crippen LogP contribution >= 0.6 is 24.0 Å². The Morgan fingerprint density at radius 3 is 3.00 bits per heavy atom. The summed E-state index contributed by atoms with van der Waals surface area (Å²) in [4.78, 5) is 0.982. The number of thioether (sulfide) groups is 1. The maximum atomic E-state index is 5.73. The van der Waals surface area contributed by atoms with Crippen LogP contribution in [0.5, 0.6) is 0 Å². The summed E-state index contributed by atoms with van der Waals surface area (Å²) >= 11 is 6.99. The molecule has 0 aliphatic carbocycles. The molecule has 0 aromatic rings. The molecule has 13 heavy (non-hydrogen) atoms. The van der Waals surface area contributed by atoms with E-state index in [1.807, 2.05) is 0 Å². The standard InChI is InChI=1S/C9H17NOS2/c1-3-6-11-9(13-2)7-4-5-10-8(7)12/h7,9H,3-6H2,1-2H3,(H,10,12). The minimum absolute atomic E-state index is 0.252. The normalized spacial score (nSPS) is 24.5. The van der Waals surface area contributed by atoms with E-state index in [1.165, 1.54) is 0 Å². The summed E-state index contributed by atoms with van der Waals surface area (Å²) in [6.07, 6.45) is 4.28. The molecular weight excluding hydrogens is 202 g/mol. The van der Waals surface area contributed by atoms with Gasteiger partial charge in [-0.3, -0.25) is 0 Å². The summed E-state index contributed by atoms with van der Waals surface area (Å²) in [5, 5.41) is 3.20. The number of thiocarbonyl (C=S) groups is 1. The summed E-state index contributed by atoms with van der Waals surface area (Å²) in [7, 11) is 0. The number of rotatable bonds is 5. The highest BCUT2D eigenvalue weighted by atomic mass is 32.2. The summed E-state index contributed by atoms with van der Waals surface area (Å²) < 4.78 is 5.73. The molecule has 2 nitrogen and oxygen atoms in total. The Morgan fingerprint density at radius 1 is 1.77 bits per heavy atom. The minimum atomic E-state index is 0.252. The molecule has 1 aliphatic rings. The van der Waals surface area contributed by atoms with Gasteiger partial charge < -0.3 is 10.1 Å². The number of hydrogen-bond acceptors (Lipinski definition) is 3. The van der Waals surface area contributed by atoms with Crippen LogP contribution in [-0.2, 0) is 4.74 Å². The van der Waals surface area contributed by atoms with Gasteiger partial charge in [-0.1, -0.05) is 19.1 Å². The highest BCUT2D eigenvalue weighted by Crippen LogP contribution is 2.25. The van der Waals surface area contributed by atoms with Gasteiger partial charge in [-0.25, -0.2) is 0 Å². The van der Waals surface area contributed by atoms with Crippen LogP contribution < -0.4 is 5.32 Å². The average Bonchev–Trinajstić information content (AvgIpc) is 2.54. The Balaban J connectivity index is 2.40. The van der Waals surface area contributed by atoms with E-state index in [-0.39, 0.29) is 5.44 Å². The van der Waals surface area contributed by atoms with Gasteiger partial charge in [-0.2, -0.15) is 0 Å². The molecule has 1 aliphatic heterocycles. The van der Waals surface area contributed by atoms with Crippen LogP contribution in [0, 0.1) is 5.92 Å². The average molecular weight is 219 g/mol. The molecular formula is C9H17NOS2. The number of nitrogens with one attached hydrogen (secondary N) is 1. The molecule has 4 heteroatoms. The van der Waals surface area contributed by atoms with Gasteiger partial charge in [0.1, 0.15) is 5.44 Å². The first-order chi connectivity index (χ1) is 6.29. The highest BCUT2D eigenvalue weighted by Gasteiger charge is 2.29. The molecule has 0 spiro atoms. The van der Waals surface area contributed by atoms with Crippen LogP contribution in [0.15, 0.2) is 0 Å². The van der Waals surface area contributed by atoms with Crippen molar-refractivity contribution in [3.63, 3.8) is 0 Å². The van der Waals surface area contributed by atoms with E-state index in [2.05, 4.69) is 18.5 Å². The van der Waals surface area contributed by atoms with Gasteiger partial charge in [0, 0.05) is 19.1 Å². The van der Waals surface area contributed by atoms with E-state index >= 15 is 0 Å². The van der Waals surface area contributed by atoms with Crippen molar-refractivity contribution in [1.82, 2.24) is 5.32 Å². The molecule has 2 atom stereocenters. The first kappa shape index (κ1) is 11.3. The van der Waals surface area contributed by atoms with Crippen molar-refractivity contribution in [2.45, 2.75) is 25.2 Å². The second-order valence-corrected chi connectivity index (χ2v) is 4.54. The zero-order valence-electron chi connectivity index (χ0n) is 8.21. The second-order valence-electron chi connectivity index (χ2n) is 3.16. The Bertz CT molecular complexity index is 175. The summed E-state index contributed by atoms with van der Waals surface area (Å²) in [5.74, 6) is 0.427.